The average molecular weight is 270 g/mol. The lowest BCUT2D eigenvalue weighted by Gasteiger charge is -2.16. The van der Waals surface area contributed by atoms with Gasteiger partial charge < -0.3 is 4.74 Å². The summed E-state index contributed by atoms with van der Waals surface area (Å²) in [6.07, 6.45) is 0.982. The standard InChI is InChI=1S/C17H22OSi/c1-18-16-9-5-14(6-10-16)13-15-7-11-17(12-8-15)19(2,3)4/h5-12H,13H2,1-4H3. The number of methoxy groups -OCH3 is 1. The van der Waals surface area contributed by atoms with Gasteiger partial charge in [0.05, 0.1) is 15.2 Å². The summed E-state index contributed by atoms with van der Waals surface area (Å²) < 4.78 is 5.18. The van der Waals surface area contributed by atoms with Crippen molar-refractivity contribution in [3.05, 3.63) is 59.7 Å². The lowest BCUT2D eigenvalue weighted by Crippen LogP contribution is -2.37. The summed E-state index contributed by atoms with van der Waals surface area (Å²) in [5.41, 5.74) is 2.69. The second-order valence-corrected chi connectivity index (χ2v) is 11.0. The minimum atomic E-state index is -1.18. The third-order valence-electron chi connectivity index (χ3n) is 3.39. The first-order chi connectivity index (χ1) is 8.99. The predicted octanol–water partition coefficient (Wildman–Crippen LogP) is 3.83. The van der Waals surface area contributed by atoms with Gasteiger partial charge in [-0.05, 0) is 29.7 Å². The van der Waals surface area contributed by atoms with Crippen LogP contribution in [0.2, 0.25) is 19.6 Å². The van der Waals surface area contributed by atoms with Crippen molar-refractivity contribution in [2.24, 2.45) is 0 Å². The van der Waals surface area contributed by atoms with Crippen molar-refractivity contribution >= 4 is 13.3 Å². The molecule has 0 heterocycles. The van der Waals surface area contributed by atoms with Crippen LogP contribution in [0.1, 0.15) is 11.1 Å². The monoisotopic (exact) mass is 270 g/mol. The van der Waals surface area contributed by atoms with Gasteiger partial charge in [-0.1, -0.05) is 61.2 Å². The van der Waals surface area contributed by atoms with E-state index in [0.717, 1.165) is 12.2 Å². The van der Waals surface area contributed by atoms with Crippen molar-refractivity contribution in [3.8, 4) is 5.75 Å². The van der Waals surface area contributed by atoms with Crippen LogP contribution in [0, 0.1) is 0 Å². The molecule has 1 nitrogen and oxygen atoms in total. The normalized spacial score (nSPS) is 11.4. The number of benzene rings is 2. The van der Waals surface area contributed by atoms with E-state index in [-0.39, 0.29) is 0 Å². The molecule has 0 atom stereocenters. The van der Waals surface area contributed by atoms with Crippen molar-refractivity contribution in [2.45, 2.75) is 26.1 Å². The van der Waals surface area contributed by atoms with Crippen molar-refractivity contribution in [1.82, 2.24) is 0 Å². The largest absolute Gasteiger partial charge is 0.497 e. The highest BCUT2D eigenvalue weighted by molar-refractivity contribution is 6.88. The van der Waals surface area contributed by atoms with E-state index in [1.807, 2.05) is 12.1 Å². The molecule has 0 saturated carbocycles. The van der Waals surface area contributed by atoms with Crippen LogP contribution in [0.3, 0.4) is 0 Å². The summed E-state index contributed by atoms with van der Waals surface area (Å²) in [6.45, 7) is 7.14. The fraction of sp³-hybridized carbons (Fsp3) is 0.294. The minimum absolute atomic E-state index is 0.915. The highest BCUT2D eigenvalue weighted by Gasteiger charge is 2.15. The van der Waals surface area contributed by atoms with Gasteiger partial charge in [0, 0.05) is 0 Å². The first kappa shape index (κ1) is 13.9. The summed E-state index contributed by atoms with van der Waals surface area (Å²) in [5, 5.41) is 1.52. The first-order valence-electron chi connectivity index (χ1n) is 6.71. The SMILES string of the molecule is COc1ccc(Cc2ccc([Si](C)(C)C)cc2)cc1. The predicted molar refractivity (Wildman–Crippen MR) is 85.2 cm³/mol. The molecule has 0 fully saturated rings. The van der Waals surface area contributed by atoms with Gasteiger partial charge >= 0.3 is 0 Å². The number of ether oxygens (including phenoxy) is 1. The van der Waals surface area contributed by atoms with Gasteiger partial charge in [-0.25, -0.2) is 0 Å². The Labute approximate surface area is 117 Å². The van der Waals surface area contributed by atoms with Gasteiger partial charge in [-0.15, -0.1) is 0 Å². The highest BCUT2D eigenvalue weighted by Crippen LogP contribution is 2.15. The second kappa shape index (κ2) is 5.62. The number of rotatable bonds is 4. The Kier molecular flexibility index (Phi) is 4.10. The van der Waals surface area contributed by atoms with Crippen LogP contribution in [0.5, 0.6) is 5.75 Å². The van der Waals surface area contributed by atoms with E-state index in [1.54, 1.807) is 7.11 Å². The van der Waals surface area contributed by atoms with Gasteiger partial charge in [0.1, 0.15) is 5.75 Å². The van der Waals surface area contributed by atoms with E-state index in [9.17, 15) is 0 Å². The molecule has 0 aliphatic rings. The van der Waals surface area contributed by atoms with Crippen LogP contribution in [0.25, 0.3) is 0 Å². The van der Waals surface area contributed by atoms with Crippen LogP contribution < -0.4 is 9.92 Å². The topological polar surface area (TPSA) is 9.23 Å². The Morgan fingerprint density at radius 2 is 1.26 bits per heavy atom. The van der Waals surface area contributed by atoms with E-state index in [4.69, 9.17) is 4.74 Å². The molecule has 0 radical (unpaired) electrons. The molecule has 0 amide bonds. The van der Waals surface area contributed by atoms with Crippen LogP contribution in [-0.2, 0) is 6.42 Å². The summed E-state index contributed by atoms with van der Waals surface area (Å²) in [5.74, 6) is 0.915. The molecular weight excluding hydrogens is 248 g/mol. The average Bonchev–Trinajstić information content (AvgIpc) is 2.39. The van der Waals surface area contributed by atoms with Crippen LogP contribution >= 0.6 is 0 Å². The fourth-order valence-electron chi connectivity index (χ4n) is 2.10. The lowest BCUT2D eigenvalue weighted by atomic mass is 10.1. The van der Waals surface area contributed by atoms with Gasteiger partial charge in [0.15, 0.2) is 0 Å². The minimum Gasteiger partial charge on any atom is -0.497 e. The highest BCUT2D eigenvalue weighted by atomic mass is 28.3. The molecular formula is C17H22OSi. The molecule has 0 spiro atoms. The maximum Gasteiger partial charge on any atom is 0.118 e. The molecule has 0 aliphatic heterocycles. The summed E-state index contributed by atoms with van der Waals surface area (Å²) >= 11 is 0. The zero-order valence-electron chi connectivity index (χ0n) is 12.2. The quantitative estimate of drug-likeness (QED) is 0.767. The molecule has 2 rings (SSSR count). The molecule has 0 aliphatic carbocycles. The van der Waals surface area contributed by atoms with Crippen molar-refractivity contribution in [3.63, 3.8) is 0 Å². The van der Waals surface area contributed by atoms with Crippen LogP contribution in [-0.4, -0.2) is 15.2 Å². The molecule has 0 bridgehead atoms. The number of hydrogen-bond donors (Lipinski definition) is 0. The smallest absolute Gasteiger partial charge is 0.118 e. The van der Waals surface area contributed by atoms with Gasteiger partial charge in [-0.2, -0.15) is 0 Å². The zero-order valence-corrected chi connectivity index (χ0v) is 13.2. The summed E-state index contributed by atoms with van der Waals surface area (Å²) in [7, 11) is 0.521. The molecule has 2 aromatic carbocycles. The van der Waals surface area contributed by atoms with Crippen molar-refractivity contribution < 1.29 is 4.74 Å². The Hall–Kier alpha value is -1.54. The van der Waals surface area contributed by atoms with Gasteiger partial charge in [-0.3, -0.25) is 0 Å². The summed E-state index contributed by atoms with van der Waals surface area (Å²) in [4.78, 5) is 0. The van der Waals surface area contributed by atoms with E-state index >= 15 is 0 Å². The summed E-state index contributed by atoms with van der Waals surface area (Å²) in [6, 6.07) is 17.4. The molecule has 0 saturated heterocycles. The van der Waals surface area contributed by atoms with Gasteiger partial charge in [0.25, 0.3) is 0 Å². The zero-order chi connectivity index (χ0) is 13.9. The van der Waals surface area contributed by atoms with E-state index < -0.39 is 8.07 Å². The number of hydrogen-bond acceptors (Lipinski definition) is 1. The van der Waals surface area contributed by atoms with Gasteiger partial charge in [0.2, 0.25) is 0 Å². The molecule has 2 aromatic rings. The lowest BCUT2D eigenvalue weighted by molar-refractivity contribution is 0.414. The first-order valence-corrected chi connectivity index (χ1v) is 10.2. The third-order valence-corrected chi connectivity index (χ3v) is 5.45. The molecule has 100 valence electrons. The van der Waals surface area contributed by atoms with E-state index in [2.05, 4.69) is 56.0 Å². The molecule has 0 unspecified atom stereocenters. The Bertz CT molecular complexity index is 521. The van der Waals surface area contributed by atoms with E-state index in [1.165, 1.54) is 16.3 Å². The fourth-order valence-corrected chi connectivity index (χ4v) is 3.27. The molecule has 0 aromatic heterocycles. The second-order valence-electron chi connectivity index (χ2n) is 5.97. The molecule has 0 N–H and O–H groups in total. The third kappa shape index (κ3) is 3.71. The van der Waals surface area contributed by atoms with Crippen molar-refractivity contribution in [1.29, 1.82) is 0 Å². The van der Waals surface area contributed by atoms with Crippen LogP contribution in [0.15, 0.2) is 48.5 Å². The Morgan fingerprint density at radius 1 is 0.789 bits per heavy atom. The maximum atomic E-state index is 5.18. The maximum absolute atomic E-state index is 5.18. The molecule has 19 heavy (non-hydrogen) atoms. The van der Waals surface area contributed by atoms with Crippen molar-refractivity contribution in [2.75, 3.05) is 7.11 Å². The van der Waals surface area contributed by atoms with E-state index in [0.29, 0.717) is 0 Å². The Morgan fingerprint density at radius 3 is 1.68 bits per heavy atom. The Balaban J connectivity index is 2.10. The van der Waals surface area contributed by atoms with Crippen LogP contribution in [0.4, 0.5) is 0 Å². The molecule has 2 heteroatoms.